The van der Waals surface area contributed by atoms with E-state index in [0.29, 0.717) is 5.75 Å². The van der Waals surface area contributed by atoms with Crippen molar-refractivity contribution in [2.45, 2.75) is 20.8 Å². The minimum Gasteiger partial charge on any atom is -0.483 e. The summed E-state index contributed by atoms with van der Waals surface area (Å²) in [5.41, 5.74) is 6.98. The van der Waals surface area contributed by atoms with Crippen molar-refractivity contribution in [1.29, 1.82) is 0 Å². The van der Waals surface area contributed by atoms with Crippen LogP contribution in [-0.4, -0.2) is 18.7 Å². The van der Waals surface area contributed by atoms with Crippen LogP contribution in [0.5, 0.6) is 5.75 Å². The first kappa shape index (κ1) is 20.6. The van der Waals surface area contributed by atoms with Crippen LogP contribution in [0.4, 0.5) is 0 Å². The first-order valence-corrected chi connectivity index (χ1v) is 10.3. The molecule has 28 heavy (non-hydrogen) atoms. The zero-order chi connectivity index (χ0) is 20.3. The number of amides is 1. The predicted octanol–water partition coefficient (Wildman–Crippen LogP) is 5.82. The third kappa shape index (κ3) is 4.80. The van der Waals surface area contributed by atoms with Gasteiger partial charge in [0.25, 0.3) is 5.91 Å². The molecular weight excluding hydrogens is 484 g/mol. The molecule has 3 aromatic rings. The number of fused-ring (bicyclic) bond motifs is 1. The quantitative estimate of drug-likeness (QED) is 0.352. The van der Waals surface area contributed by atoms with Crippen LogP contribution in [-0.2, 0) is 4.79 Å². The molecule has 0 unspecified atom stereocenters. The summed E-state index contributed by atoms with van der Waals surface area (Å²) in [7, 11) is 0. The SMILES string of the molecule is Cc1cc(C)c(/C=N/NC(=O)COc2ccc3cc(Br)ccc3c2Br)c(C)c1. The Morgan fingerprint density at radius 2 is 1.79 bits per heavy atom. The first-order chi connectivity index (χ1) is 13.3. The van der Waals surface area contributed by atoms with Crippen LogP contribution in [0, 0.1) is 20.8 Å². The van der Waals surface area contributed by atoms with E-state index in [-0.39, 0.29) is 12.5 Å². The second-order valence-electron chi connectivity index (χ2n) is 6.64. The van der Waals surface area contributed by atoms with Crippen molar-refractivity contribution in [2.24, 2.45) is 5.10 Å². The van der Waals surface area contributed by atoms with Gasteiger partial charge in [0.15, 0.2) is 6.61 Å². The Morgan fingerprint density at radius 3 is 2.50 bits per heavy atom. The summed E-state index contributed by atoms with van der Waals surface area (Å²) in [6, 6.07) is 14.0. The summed E-state index contributed by atoms with van der Waals surface area (Å²) < 4.78 is 7.49. The standard InChI is InChI=1S/C22H20Br2N2O2/c1-13-8-14(2)19(15(3)9-13)11-25-26-21(27)12-28-20-7-4-16-10-17(23)5-6-18(16)22(20)24/h4-11H,12H2,1-3H3,(H,26,27)/b25-11+. The number of ether oxygens (including phenoxy) is 1. The normalized spacial score (nSPS) is 11.2. The number of carbonyl (C=O) groups is 1. The summed E-state index contributed by atoms with van der Waals surface area (Å²) in [6.45, 7) is 6.00. The Labute approximate surface area is 181 Å². The number of benzene rings is 3. The van der Waals surface area contributed by atoms with Crippen molar-refractivity contribution in [3.63, 3.8) is 0 Å². The molecule has 4 nitrogen and oxygen atoms in total. The van der Waals surface area contributed by atoms with Gasteiger partial charge in [-0.1, -0.05) is 45.8 Å². The molecule has 1 N–H and O–H groups in total. The van der Waals surface area contributed by atoms with E-state index in [9.17, 15) is 4.79 Å². The van der Waals surface area contributed by atoms with Crippen molar-refractivity contribution >= 4 is 54.8 Å². The van der Waals surface area contributed by atoms with Crippen molar-refractivity contribution in [3.05, 3.63) is 73.7 Å². The summed E-state index contributed by atoms with van der Waals surface area (Å²) in [5.74, 6) is 0.292. The van der Waals surface area contributed by atoms with Crippen molar-refractivity contribution in [1.82, 2.24) is 5.43 Å². The Hall–Kier alpha value is -2.18. The molecule has 0 atom stereocenters. The van der Waals surface area contributed by atoms with Gasteiger partial charge in [0, 0.05) is 10.0 Å². The van der Waals surface area contributed by atoms with E-state index in [1.165, 1.54) is 5.56 Å². The van der Waals surface area contributed by atoms with Crippen LogP contribution in [0.15, 0.2) is 56.5 Å². The third-order valence-corrected chi connectivity index (χ3v) is 5.67. The van der Waals surface area contributed by atoms with Gasteiger partial charge in [0.05, 0.1) is 10.7 Å². The Bertz CT molecular complexity index is 1050. The van der Waals surface area contributed by atoms with Crippen molar-refractivity contribution < 1.29 is 9.53 Å². The molecule has 0 fully saturated rings. The van der Waals surface area contributed by atoms with Crippen LogP contribution in [0.3, 0.4) is 0 Å². The zero-order valence-corrected chi connectivity index (χ0v) is 19.0. The summed E-state index contributed by atoms with van der Waals surface area (Å²) in [4.78, 5) is 12.1. The average Bonchev–Trinajstić information content (AvgIpc) is 2.63. The molecule has 1 amide bonds. The fraction of sp³-hybridized carbons (Fsp3) is 0.182. The summed E-state index contributed by atoms with van der Waals surface area (Å²) >= 11 is 7.03. The van der Waals surface area contributed by atoms with Crippen molar-refractivity contribution in [3.8, 4) is 5.75 Å². The number of halogens is 2. The van der Waals surface area contributed by atoms with E-state index in [1.54, 1.807) is 6.21 Å². The number of aryl methyl sites for hydroxylation is 3. The van der Waals surface area contributed by atoms with Crippen LogP contribution in [0.25, 0.3) is 10.8 Å². The average molecular weight is 504 g/mol. The lowest BCUT2D eigenvalue weighted by Gasteiger charge is -2.10. The maximum absolute atomic E-state index is 12.1. The number of hydrogen-bond acceptors (Lipinski definition) is 3. The Kier molecular flexibility index (Phi) is 6.52. The minimum absolute atomic E-state index is 0.121. The molecule has 0 bridgehead atoms. The van der Waals surface area contributed by atoms with Gasteiger partial charge in [0.1, 0.15) is 5.75 Å². The predicted molar refractivity (Wildman–Crippen MR) is 121 cm³/mol. The molecule has 0 aliphatic heterocycles. The van der Waals surface area contributed by atoms with E-state index in [0.717, 1.165) is 36.4 Å². The highest BCUT2D eigenvalue weighted by Crippen LogP contribution is 2.34. The minimum atomic E-state index is -0.318. The second kappa shape index (κ2) is 8.88. The molecule has 0 saturated heterocycles. The highest BCUT2D eigenvalue weighted by molar-refractivity contribution is 9.11. The maximum Gasteiger partial charge on any atom is 0.277 e. The van der Waals surface area contributed by atoms with Crippen LogP contribution >= 0.6 is 31.9 Å². The second-order valence-corrected chi connectivity index (χ2v) is 8.35. The van der Waals surface area contributed by atoms with E-state index in [1.807, 2.05) is 44.2 Å². The van der Waals surface area contributed by atoms with Crippen LogP contribution < -0.4 is 10.2 Å². The fourth-order valence-electron chi connectivity index (χ4n) is 3.09. The largest absolute Gasteiger partial charge is 0.483 e. The van der Waals surface area contributed by atoms with Gasteiger partial charge in [0.2, 0.25) is 0 Å². The van der Waals surface area contributed by atoms with Gasteiger partial charge in [-0.25, -0.2) is 5.43 Å². The van der Waals surface area contributed by atoms with Crippen LogP contribution in [0.2, 0.25) is 0 Å². The maximum atomic E-state index is 12.1. The number of hydrogen-bond donors (Lipinski definition) is 1. The molecule has 0 aliphatic carbocycles. The molecule has 6 heteroatoms. The number of nitrogens with zero attached hydrogens (tertiary/aromatic N) is 1. The number of carbonyl (C=O) groups excluding carboxylic acids is 1. The lowest BCUT2D eigenvalue weighted by molar-refractivity contribution is -0.123. The smallest absolute Gasteiger partial charge is 0.277 e. The lowest BCUT2D eigenvalue weighted by atomic mass is 10.0. The number of rotatable bonds is 5. The fourth-order valence-corrected chi connectivity index (χ4v) is 4.08. The molecule has 0 aliphatic rings. The molecule has 3 rings (SSSR count). The van der Waals surface area contributed by atoms with Gasteiger partial charge >= 0.3 is 0 Å². The van der Waals surface area contributed by atoms with E-state index < -0.39 is 0 Å². The molecule has 0 radical (unpaired) electrons. The number of hydrazone groups is 1. The summed E-state index contributed by atoms with van der Waals surface area (Å²) in [5, 5.41) is 6.16. The first-order valence-electron chi connectivity index (χ1n) is 8.75. The lowest BCUT2D eigenvalue weighted by Crippen LogP contribution is -2.24. The molecular formula is C22H20Br2N2O2. The van der Waals surface area contributed by atoms with E-state index in [2.05, 4.69) is 61.4 Å². The van der Waals surface area contributed by atoms with Gasteiger partial charge in [-0.3, -0.25) is 4.79 Å². The van der Waals surface area contributed by atoms with Gasteiger partial charge in [-0.05, 0) is 76.8 Å². The molecule has 0 saturated carbocycles. The van der Waals surface area contributed by atoms with Gasteiger partial charge in [-0.15, -0.1) is 0 Å². The van der Waals surface area contributed by atoms with Gasteiger partial charge in [-0.2, -0.15) is 5.10 Å². The summed E-state index contributed by atoms with van der Waals surface area (Å²) in [6.07, 6.45) is 1.67. The van der Waals surface area contributed by atoms with E-state index >= 15 is 0 Å². The van der Waals surface area contributed by atoms with E-state index in [4.69, 9.17) is 4.74 Å². The molecule has 3 aromatic carbocycles. The molecule has 144 valence electrons. The molecule has 0 aromatic heterocycles. The Morgan fingerprint density at radius 1 is 1.07 bits per heavy atom. The zero-order valence-electron chi connectivity index (χ0n) is 15.8. The number of nitrogens with one attached hydrogen (secondary N) is 1. The topological polar surface area (TPSA) is 50.7 Å². The molecule has 0 heterocycles. The Balaban J connectivity index is 1.63. The molecule has 0 spiro atoms. The van der Waals surface area contributed by atoms with Crippen LogP contribution in [0.1, 0.15) is 22.3 Å². The van der Waals surface area contributed by atoms with Gasteiger partial charge < -0.3 is 4.74 Å². The monoisotopic (exact) mass is 502 g/mol. The van der Waals surface area contributed by atoms with Crippen molar-refractivity contribution in [2.75, 3.05) is 6.61 Å². The third-order valence-electron chi connectivity index (χ3n) is 4.36. The highest BCUT2D eigenvalue weighted by Gasteiger charge is 2.09. The highest BCUT2D eigenvalue weighted by atomic mass is 79.9.